The first-order valence-electron chi connectivity index (χ1n) is 5.57. The van der Waals surface area contributed by atoms with Crippen LogP contribution in [0, 0.1) is 0 Å². The highest BCUT2D eigenvalue weighted by atomic mass is 79.9. The Bertz CT molecular complexity index is 242. The molecule has 0 aliphatic heterocycles. The number of aryl methyl sites for hydroxylation is 1. The maximum Gasteiger partial charge on any atom is 0.169 e. The van der Waals surface area contributed by atoms with Crippen molar-refractivity contribution < 1.29 is 4.42 Å². The predicted molar refractivity (Wildman–Crippen MR) is 63.5 cm³/mol. The summed E-state index contributed by atoms with van der Waals surface area (Å²) in [5, 5.41) is 0. The molecule has 2 heteroatoms. The second-order valence-corrected chi connectivity index (χ2v) is 4.51. The largest absolute Gasteiger partial charge is 0.454 e. The lowest BCUT2D eigenvalue weighted by Gasteiger charge is -1.98. The Kier molecular flexibility index (Phi) is 6.00. The van der Waals surface area contributed by atoms with Crippen LogP contribution in [0.4, 0.5) is 0 Å². The van der Waals surface area contributed by atoms with Gasteiger partial charge in [-0.05, 0) is 34.5 Å². The molecule has 14 heavy (non-hydrogen) atoms. The normalized spacial score (nSPS) is 10.7. The van der Waals surface area contributed by atoms with Crippen molar-refractivity contribution in [1.29, 1.82) is 0 Å². The lowest BCUT2D eigenvalue weighted by atomic mass is 10.1. The fraction of sp³-hybridized carbons (Fsp3) is 0.667. The minimum absolute atomic E-state index is 0.846. The molecule has 0 unspecified atom stereocenters. The first-order chi connectivity index (χ1) is 6.83. The maximum atomic E-state index is 5.43. The van der Waals surface area contributed by atoms with E-state index >= 15 is 0 Å². The number of furan rings is 1. The van der Waals surface area contributed by atoms with Gasteiger partial charge in [0.2, 0.25) is 0 Å². The third-order valence-corrected chi connectivity index (χ3v) is 2.83. The van der Waals surface area contributed by atoms with Gasteiger partial charge in [0, 0.05) is 6.42 Å². The molecule has 0 fully saturated rings. The zero-order chi connectivity index (χ0) is 10.2. The molecule has 0 atom stereocenters. The van der Waals surface area contributed by atoms with Crippen molar-refractivity contribution in [2.45, 2.75) is 51.9 Å². The summed E-state index contributed by atoms with van der Waals surface area (Å²) in [6.45, 7) is 2.25. The summed E-state index contributed by atoms with van der Waals surface area (Å²) in [6.07, 6.45) is 9.13. The van der Waals surface area contributed by atoms with E-state index in [1.807, 2.05) is 6.07 Å². The molecule has 0 amide bonds. The Labute approximate surface area is 95.0 Å². The number of hydrogen-bond donors (Lipinski definition) is 0. The lowest BCUT2D eigenvalue weighted by Crippen LogP contribution is -1.83. The van der Waals surface area contributed by atoms with E-state index < -0.39 is 0 Å². The van der Waals surface area contributed by atoms with Crippen LogP contribution < -0.4 is 0 Å². The first-order valence-corrected chi connectivity index (χ1v) is 6.36. The van der Waals surface area contributed by atoms with Crippen molar-refractivity contribution >= 4 is 15.9 Å². The molecule has 0 spiro atoms. The van der Waals surface area contributed by atoms with E-state index in [2.05, 4.69) is 28.9 Å². The highest BCUT2D eigenvalue weighted by molar-refractivity contribution is 9.10. The minimum atomic E-state index is 0.846. The molecule has 0 saturated carbocycles. The first kappa shape index (κ1) is 11.8. The standard InChI is InChI=1S/C12H19BrO/c1-2-3-4-5-6-7-8-11-9-10-12(13)14-11/h9-10H,2-8H2,1H3. The van der Waals surface area contributed by atoms with Crippen molar-refractivity contribution in [1.82, 2.24) is 0 Å². The monoisotopic (exact) mass is 258 g/mol. The Balaban J connectivity index is 1.99. The van der Waals surface area contributed by atoms with Gasteiger partial charge >= 0.3 is 0 Å². The fourth-order valence-electron chi connectivity index (χ4n) is 1.57. The molecule has 0 aliphatic carbocycles. The van der Waals surface area contributed by atoms with Crippen molar-refractivity contribution in [3.8, 4) is 0 Å². The molecule has 1 heterocycles. The van der Waals surface area contributed by atoms with Crippen LogP contribution in [0.2, 0.25) is 0 Å². The van der Waals surface area contributed by atoms with Crippen LogP contribution in [0.3, 0.4) is 0 Å². The van der Waals surface area contributed by atoms with Gasteiger partial charge in [-0.3, -0.25) is 0 Å². The summed E-state index contributed by atoms with van der Waals surface area (Å²) < 4.78 is 6.27. The van der Waals surface area contributed by atoms with Crippen LogP contribution in [-0.2, 0) is 6.42 Å². The summed E-state index contributed by atoms with van der Waals surface area (Å²) in [6, 6.07) is 4.02. The van der Waals surface area contributed by atoms with Gasteiger partial charge in [-0.25, -0.2) is 0 Å². The molecule has 1 aromatic heterocycles. The molecule has 0 aromatic carbocycles. The average Bonchev–Trinajstić information content (AvgIpc) is 2.58. The van der Waals surface area contributed by atoms with Gasteiger partial charge in [0.25, 0.3) is 0 Å². The number of rotatable bonds is 7. The van der Waals surface area contributed by atoms with Crippen LogP contribution in [0.25, 0.3) is 0 Å². The molecule has 80 valence electrons. The van der Waals surface area contributed by atoms with Gasteiger partial charge in [-0.15, -0.1) is 0 Å². The van der Waals surface area contributed by atoms with Crippen LogP contribution in [0.5, 0.6) is 0 Å². The molecule has 0 radical (unpaired) electrons. The van der Waals surface area contributed by atoms with E-state index in [9.17, 15) is 0 Å². The predicted octanol–water partition coefficient (Wildman–Crippen LogP) is 4.95. The van der Waals surface area contributed by atoms with E-state index in [0.717, 1.165) is 16.9 Å². The second-order valence-electron chi connectivity index (χ2n) is 3.72. The summed E-state index contributed by atoms with van der Waals surface area (Å²) >= 11 is 3.31. The molecule has 0 bridgehead atoms. The van der Waals surface area contributed by atoms with Gasteiger partial charge in [0.1, 0.15) is 5.76 Å². The Morgan fingerprint density at radius 2 is 1.79 bits per heavy atom. The fourth-order valence-corrected chi connectivity index (χ4v) is 1.91. The van der Waals surface area contributed by atoms with Gasteiger partial charge in [0.05, 0.1) is 0 Å². The smallest absolute Gasteiger partial charge is 0.169 e. The van der Waals surface area contributed by atoms with E-state index in [0.29, 0.717) is 0 Å². The zero-order valence-corrected chi connectivity index (χ0v) is 10.5. The van der Waals surface area contributed by atoms with E-state index in [1.54, 1.807) is 0 Å². The quantitative estimate of drug-likeness (QED) is 0.632. The maximum absolute atomic E-state index is 5.43. The Hall–Kier alpha value is -0.240. The second kappa shape index (κ2) is 7.10. The molecule has 0 aliphatic rings. The number of unbranched alkanes of at least 4 members (excludes halogenated alkanes) is 5. The van der Waals surface area contributed by atoms with Crippen LogP contribution in [0.1, 0.15) is 51.2 Å². The average molecular weight is 259 g/mol. The summed E-state index contributed by atoms with van der Waals surface area (Å²) in [5.74, 6) is 1.10. The highest BCUT2D eigenvalue weighted by Crippen LogP contribution is 2.16. The molecule has 0 saturated heterocycles. The summed E-state index contributed by atoms with van der Waals surface area (Å²) in [5.41, 5.74) is 0. The van der Waals surface area contributed by atoms with Crippen LogP contribution in [-0.4, -0.2) is 0 Å². The van der Waals surface area contributed by atoms with Crippen LogP contribution in [0.15, 0.2) is 21.2 Å². The zero-order valence-electron chi connectivity index (χ0n) is 8.89. The lowest BCUT2D eigenvalue weighted by molar-refractivity contribution is 0.474. The topological polar surface area (TPSA) is 13.1 Å². The molecule has 1 nitrogen and oxygen atoms in total. The van der Waals surface area contributed by atoms with E-state index in [1.165, 1.54) is 38.5 Å². The molecule has 1 rings (SSSR count). The Morgan fingerprint density at radius 3 is 2.43 bits per heavy atom. The van der Waals surface area contributed by atoms with Crippen molar-refractivity contribution in [3.05, 3.63) is 22.6 Å². The number of hydrogen-bond acceptors (Lipinski definition) is 1. The van der Waals surface area contributed by atoms with Crippen LogP contribution >= 0.6 is 15.9 Å². The van der Waals surface area contributed by atoms with E-state index in [-0.39, 0.29) is 0 Å². The van der Waals surface area contributed by atoms with Crippen molar-refractivity contribution in [3.63, 3.8) is 0 Å². The molecular weight excluding hydrogens is 240 g/mol. The molecular formula is C12H19BrO. The summed E-state index contributed by atoms with van der Waals surface area (Å²) in [4.78, 5) is 0. The SMILES string of the molecule is CCCCCCCCc1ccc(Br)o1. The van der Waals surface area contributed by atoms with Gasteiger partial charge in [0.15, 0.2) is 4.67 Å². The highest BCUT2D eigenvalue weighted by Gasteiger charge is 1.98. The Morgan fingerprint density at radius 1 is 1.07 bits per heavy atom. The number of halogens is 1. The van der Waals surface area contributed by atoms with Crippen molar-refractivity contribution in [2.75, 3.05) is 0 Å². The molecule has 0 N–H and O–H groups in total. The third-order valence-electron chi connectivity index (χ3n) is 2.41. The summed E-state index contributed by atoms with van der Waals surface area (Å²) in [7, 11) is 0. The van der Waals surface area contributed by atoms with Gasteiger partial charge in [-0.1, -0.05) is 39.0 Å². The van der Waals surface area contributed by atoms with E-state index in [4.69, 9.17) is 4.42 Å². The minimum Gasteiger partial charge on any atom is -0.454 e. The third kappa shape index (κ3) is 4.85. The molecule has 1 aromatic rings. The van der Waals surface area contributed by atoms with Gasteiger partial charge in [-0.2, -0.15) is 0 Å². The van der Waals surface area contributed by atoms with Crippen molar-refractivity contribution in [2.24, 2.45) is 0 Å². The van der Waals surface area contributed by atoms with Gasteiger partial charge < -0.3 is 4.42 Å².